The van der Waals surface area contributed by atoms with E-state index in [1.54, 1.807) is 30.3 Å². The fourth-order valence-corrected chi connectivity index (χ4v) is 5.38. The maximum absolute atomic E-state index is 13.0. The molecule has 0 aromatic heterocycles. The second kappa shape index (κ2) is 10.2. The Morgan fingerprint density at radius 1 is 1.12 bits per heavy atom. The van der Waals surface area contributed by atoms with Gasteiger partial charge in [0.25, 0.3) is 5.91 Å². The number of nitrogens with zero attached hydrogens (tertiary/aromatic N) is 1. The third kappa shape index (κ3) is 5.61. The summed E-state index contributed by atoms with van der Waals surface area (Å²) in [4.78, 5) is 15.0. The highest BCUT2D eigenvalue weighted by Gasteiger charge is 2.36. The van der Waals surface area contributed by atoms with Crippen molar-refractivity contribution >= 4 is 27.5 Å². The molecule has 2 N–H and O–H groups in total. The summed E-state index contributed by atoms with van der Waals surface area (Å²) in [5, 5.41) is 3.57. The number of carbonyl (C=O) groups is 1. The molecule has 0 radical (unpaired) electrons. The summed E-state index contributed by atoms with van der Waals surface area (Å²) in [6.45, 7) is 0.603. The van der Waals surface area contributed by atoms with Gasteiger partial charge in [-0.25, -0.2) is 13.1 Å². The van der Waals surface area contributed by atoms with Gasteiger partial charge in [-0.1, -0.05) is 36.6 Å². The van der Waals surface area contributed by atoms with Gasteiger partial charge in [-0.2, -0.15) is 0 Å². The standard InChI is InChI=1S/C23H30ClN3O4S/c1-27(2)23(12-4-5-13-23)16-25-22(28)18-8-11-20(31-3)21(14-18)32(29,30)26-15-17-6-9-19(24)10-7-17/h6-11,14,26H,4-5,12-13,15-16H2,1-3H3,(H,25,28). The minimum Gasteiger partial charge on any atom is -0.495 e. The fraction of sp³-hybridized carbons (Fsp3) is 0.435. The van der Waals surface area contributed by atoms with Crippen LogP contribution in [0.15, 0.2) is 47.4 Å². The van der Waals surface area contributed by atoms with E-state index in [9.17, 15) is 13.2 Å². The lowest BCUT2D eigenvalue weighted by atomic mass is 9.96. The summed E-state index contributed by atoms with van der Waals surface area (Å²) in [6, 6.07) is 11.3. The van der Waals surface area contributed by atoms with E-state index in [1.807, 2.05) is 14.1 Å². The van der Waals surface area contributed by atoms with E-state index in [0.717, 1.165) is 31.2 Å². The molecule has 1 aliphatic rings. The van der Waals surface area contributed by atoms with Gasteiger partial charge in [0.2, 0.25) is 10.0 Å². The smallest absolute Gasteiger partial charge is 0.251 e. The molecular weight excluding hydrogens is 450 g/mol. The monoisotopic (exact) mass is 479 g/mol. The molecule has 9 heteroatoms. The van der Waals surface area contributed by atoms with Crippen LogP contribution in [-0.2, 0) is 16.6 Å². The van der Waals surface area contributed by atoms with E-state index in [1.165, 1.54) is 19.2 Å². The Bertz CT molecular complexity index is 1050. The number of rotatable bonds is 9. The number of carbonyl (C=O) groups excluding carboxylic acids is 1. The maximum atomic E-state index is 13.0. The lowest BCUT2D eigenvalue weighted by molar-refractivity contribution is 0.0899. The number of methoxy groups -OCH3 is 1. The van der Waals surface area contributed by atoms with Crippen LogP contribution in [0.25, 0.3) is 0 Å². The molecule has 7 nitrogen and oxygen atoms in total. The zero-order chi connectivity index (χ0) is 23.4. The van der Waals surface area contributed by atoms with Crippen LogP contribution in [0.5, 0.6) is 5.75 Å². The highest BCUT2D eigenvalue weighted by atomic mass is 35.5. The Labute approximate surface area is 195 Å². The van der Waals surface area contributed by atoms with Crippen molar-refractivity contribution in [2.75, 3.05) is 27.7 Å². The Morgan fingerprint density at radius 3 is 2.38 bits per heavy atom. The van der Waals surface area contributed by atoms with Crippen LogP contribution in [0.3, 0.4) is 0 Å². The van der Waals surface area contributed by atoms with Crippen molar-refractivity contribution in [2.45, 2.75) is 42.7 Å². The molecule has 2 aromatic carbocycles. The molecule has 32 heavy (non-hydrogen) atoms. The molecule has 3 rings (SSSR count). The average Bonchev–Trinajstić information content (AvgIpc) is 3.27. The Morgan fingerprint density at radius 2 is 1.78 bits per heavy atom. The van der Waals surface area contributed by atoms with E-state index < -0.39 is 10.0 Å². The van der Waals surface area contributed by atoms with Crippen molar-refractivity contribution in [3.05, 3.63) is 58.6 Å². The zero-order valence-electron chi connectivity index (χ0n) is 18.7. The molecule has 0 bridgehead atoms. The summed E-state index contributed by atoms with van der Waals surface area (Å²) >= 11 is 5.88. The van der Waals surface area contributed by atoms with Crippen molar-refractivity contribution in [3.63, 3.8) is 0 Å². The molecular formula is C23H30ClN3O4S. The van der Waals surface area contributed by atoms with Crippen LogP contribution >= 0.6 is 11.6 Å². The summed E-state index contributed by atoms with van der Waals surface area (Å²) in [6.07, 6.45) is 4.32. The molecule has 0 unspecified atom stereocenters. The molecule has 174 valence electrons. The van der Waals surface area contributed by atoms with Crippen LogP contribution in [0.1, 0.15) is 41.6 Å². The Kier molecular flexibility index (Phi) is 7.82. The van der Waals surface area contributed by atoms with Gasteiger partial charge in [-0.05, 0) is 62.8 Å². The molecule has 0 aliphatic heterocycles. The van der Waals surface area contributed by atoms with Gasteiger partial charge in [0, 0.05) is 29.2 Å². The van der Waals surface area contributed by atoms with Crippen molar-refractivity contribution in [3.8, 4) is 5.75 Å². The van der Waals surface area contributed by atoms with Gasteiger partial charge in [-0.15, -0.1) is 0 Å². The van der Waals surface area contributed by atoms with Gasteiger partial charge in [-0.3, -0.25) is 4.79 Å². The number of ether oxygens (including phenoxy) is 1. The number of hydrogen-bond donors (Lipinski definition) is 2. The maximum Gasteiger partial charge on any atom is 0.251 e. The first kappa shape index (κ1) is 24.5. The topological polar surface area (TPSA) is 87.7 Å². The molecule has 0 saturated heterocycles. The Hall–Kier alpha value is -2.13. The normalized spacial score (nSPS) is 15.7. The van der Waals surface area contributed by atoms with Gasteiger partial charge in [0.1, 0.15) is 10.6 Å². The van der Waals surface area contributed by atoms with E-state index >= 15 is 0 Å². The van der Waals surface area contributed by atoms with Crippen LogP contribution in [0.4, 0.5) is 0 Å². The van der Waals surface area contributed by atoms with Gasteiger partial charge < -0.3 is 15.0 Å². The quantitative estimate of drug-likeness (QED) is 0.575. The van der Waals surface area contributed by atoms with Gasteiger partial charge in [0.05, 0.1) is 7.11 Å². The average molecular weight is 480 g/mol. The molecule has 1 aliphatic carbocycles. The van der Waals surface area contributed by atoms with Crippen molar-refractivity contribution < 1.29 is 17.9 Å². The minimum atomic E-state index is -3.92. The van der Waals surface area contributed by atoms with Gasteiger partial charge in [0.15, 0.2) is 0 Å². The first-order valence-electron chi connectivity index (χ1n) is 10.5. The number of likely N-dealkylation sites (N-methyl/N-ethyl adjacent to an activating group) is 1. The number of sulfonamides is 1. The van der Waals surface area contributed by atoms with E-state index in [-0.39, 0.29) is 34.2 Å². The summed E-state index contributed by atoms with van der Waals surface area (Å²) in [5.74, 6) is -0.138. The van der Waals surface area contributed by atoms with Crippen LogP contribution in [0, 0.1) is 0 Å². The predicted molar refractivity (Wildman–Crippen MR) is 126 cm³/mol. The van der Waals surface area contributed by atoms with E-state index in [4.69, 9.17) is 16.3 Å². The molecule has 0 heterocycles. The Balaban J connectivity index is 1.76. The molecule has 1 amide bonds. The zero-order valence-corrected chi connectivity index (χ0v) is 20.2. The molecule has 0 atom stereocenters. The lowest BCUT2D eigenvalue weighted by Gasteiger charge is -2.36. The SMILES string of the molecule is COc1ccc(C(=O)NCC2(N(C)C)CCCC2)cc1S(=O)(=O)NCc1ccc(Cl)cc1. The van der Waals surface area contributed by atoms with Crippen molar-refractivity contribution in [1.29, 1.82) is 0 Å². The number of amides is 1. The highest BCUT2D eigenvalue weighted by molar-refractivity contribution is 7.89. The first-order chi connectivity index (χ1) is 15.2. The van der Waals surface area contributed by atoms with Crippen molar-refractivity contribution in [2.24, 2.45) is 0 Å². The summed E-state index contributed by atoms with van der Waals surface area (Å²) in [7, 11) is 1.54. The van der Waals surface area contributed by atoms with Crippen LogP contribution in [-0.4, -0.2) is 52.5 Å². The van der Waals surface area contributed by atoms with E-state index in [2.05, 4.69) is 14.9 Å². The number of benzene rings is 2. The minimum absolute atomic E-state index is 0.0584. The first-order valence-corrected chi connectivity index (χ1v) is 12.4. The second-order valence-corrected chi connectivity index (χ2v) is 10.5. The van der Waals surface area contributed by atoms with Crippen LogP contribution < -0.4 is 14.8 Å². The molecule has 2 aromatic rings. The second-order valence-electron chi connectivity index (χ2n) is 8.33. The summed E-state index contributed by atoms with van der Waals surface area (Å²) in [5.41, 5.74) is 0.970. The number of halogens is 1. The molecule has 0 spiro atoms. The third-order valence-corrected chi connectivity index (χ3v) is 7.83. The largest absolute Gasteiger partial charge is 0.495 e. The van der Waals surface area contributed by atoms with Crippen molar-refractivity contribution in [1.82, 2.24) is 14.9 Å². The highest BCUT2D eigenvalue weighted by Crippen LogP contribution is 2.33. The van der Waals surface area contributed by atoms with Gasteiger partial charge >= 0.3 is 0 Å². The number of hydrogen-bond acceptors (Lipinski definition) is 5. The van der Waals surface area contributed by atoms with E-state index in [0.29, 0.717) is 11.6 Å². The predicted octanol–water partition coefficient (Wildman–Crippen LogP) is 3.43. The fourth-order valence-electron chi connectivity index (χ4n) is 4.05. The summed E-state index contributed by atoms with van der Waals surface area (Å²) < 4.78 is 33.8. The lowest BCUT2D eigenvalue weighted by Crippen LogP contribution is -2.50. The third-order valence-electron chi connectivity index (χ3n) is 6.16. The van der Waals surface area contributed by atoms with Crippen LogP contribution in [0.2, 0.25) is 5.02 Å². The molecule has 1 fully saturated rings. The number of nitrogens with one attached hydrogen (secondary N) is 2. The molecule has 1 saturated carbocycles.